The van der Waals surface area contributed by atoms with Crippen molar-refractivity contribution in [1.29, 1.82) is 0 Å². The van der Waals surface area contributed by atoms with Gasteiger partial charge in [-0.05, 0) is 0 Å². The zero-order valence-electron chi connectivity index (χ0n) is 18.0. The van der Waals surface area contributed by atoms with Gasteiger partial charge in [-0.25, -0.2) is 0 Å². The third-order valence-electron chi connectivity index (χ3n) is 4.71. The van der Waals surface area contributed by atoms with Gasteiger partial charge in [0.1, 0.15) is 0 Å². The molecule has 164 valence electrons. The minimum absolute atomic E-state index is 0.383. The van der Waals surface area contributed by atoms with E-state index in [1.807, 2.05) is 36.4 Å². The number of carbonyl (C=O) groups is 3. The molecule has 3 aromatic carbocycles. The monoisotopic (exact) mass is 494 g/mol. The molecule has 0 saturated heterocycles. The topological polar surface area (TPSA) is 78.9 Å². The zero-order chi connectivity index (χ0) is 23.3. The number of hydrogen-bond acceptors (Lipinski definition) is 6. The fourth-order valence-corrected chi connectivity index (χ4v) is 4.57. The zero-order valence-corrected chi connectivity index (χ0v) is 20.4. The summed E-state index contributed by atoms with van der Waals surface area (Å²) in [6.45, 7) is 4.07. The average Bonchev–Trinajstić information content (AvgIpc) is 2.73. The summed E-state index contributed by atoms with van der Waals surface area (Å²) in [5, 5.41) is 0. The molecule has 0 bridgehead atoms. The molecular formula is C25H23AsO6. The molecule has 1 atom stereocenters. The van der Waals surface area contributed by atoms with E-state index in [1.54, 1.807) is 36.4 Å². The maximum atomic E-state index is 11.3. The summed E-state index contributed by atoms with van der Waals surface area (Å²) in [5.74, 6) is 0.245. The third kappa shape index (κ3) is 5.45. The Labute approximate surface area is 195 Å². The second-order valence-corrected chi connectivity index (χ2v) is 8.98. The van der Waals surface area contributed by atoms with Crippen molar-refractivity contribution in [3.63, 3.8) is 0 Å². The normalized spacial score (nSPS) is 10.9. The predicted molar refractivity (Wildman–Crippen MR) is 122 cm³/mol. The van der Waals surface area contributed by atoms with Gasteiger partial charge in [0.05, 0.1) is 0 Å². The van der Waals surface area contributed by atoms with E-state index in [9.17, 15) is 14.4 Å². The summed E-state index contributed by atoms with van der Waals surface area (Å²) >= 11 is 1.45. The molecule has 0 spiro atoms. The van der Waals surface area contributed by atoms with Crippen molar-refractivity contribution < 1.29 is 28.6 Å². The van der Waals surface area contributed by atoms with Gasteiger partial charge in [0.25, 0.3) is 0 Å². The Morgan fingerprint density at radius 1 is 0.531 bits per heavy atom. The molecule has 7 heteroatoms. The number of benzene rings is 3. The van der Waals surface area contributed by atoms with Crippen LogP contribution in [0, 0.1) is 0 Å². The molecule has 0 heterocycles. The first-order chi connectivity index (χ1) is 15.2. The predicted octanol–water partition coefficient (Wildman–Crippen LogP) is 3.39. The molecule has 0 aliphatic heterocycles. The van der Waals surface area contributed by atoms with Gasteiger partial charge in [0, 0.05) is 0 Å². The van der Waals surface area contributed by atoms with Crippen LogP contribution < -0.4 is 14.2 Å². The molecule has 0 radical (unpaired) electrons. The van der Waals surface area contributed by atoms with Crippen molar-refractivity contribution in [2.75, 3.05) is 0 Å². The van der Waals surface area contributed by atoms with E-state index < -0.39 is 4.20 Å². The number of esters is 3. The fraction of sp³-hybridized carbons (Fsp3) is 0.160. The summed E-state index contributed by atoms with van der Waals surface area (Å²) in [6, 6.07) is 22.0. The molecule has 3 rings (SSSR count). The molecule has 0 aliphatic carbocycles. The Morgan fingerprint density at radius 3 is 0.938 bits per heavy atom. The van der Waals surface area contributed by atoms with E-state index in [1.165, 1.54) is 37.6 Å². The number of rotatable bonds is 6. The summed E-state index contributed by atoms with van der Waals surface area (Å²) in [7, 11) is 0. The van der Waals surface area contributed by atoms with Gasteiger partial charge < -0.3 is 0 Å². The van der Waals surface area contributed by atoms with Crippen LogP contribution in [0.4, 0.5) is 0 Å². The Kier molecular flexibility index (Phi) is 7.16. The first-order valence-electron chi connectivity index (χ1n) is 9.84. The molecular weight excluding hydrogens is 471 g/mol. The van der Waals surface area contributed by atoms with Crippen LogP contribution in [0.5, 0.6) is 17.2 Å². The van der Waals surface area contributed by atoms with Crippen molar-refractivity contribution in [3.8, 4) is 17.2 Å². The number of ether oxygens (including phenoxy) is 3. The van der Waals surface area contributed by atoms with Gasteiger partial charge in [-0.1, -0.05) is 0 Å². The molecule has 1 unspecified atom stereocenters. The Balaban J connectivity index is 2.07. The summed E-state index contributed by atoms with van der Waals surface area (Å²) < 4.78 is 15.0. The maximum absolute atomic E-state index is 11.3. The summed E-state index contributed by atoms with van der Waals surface area (Å²) in [6.07, 6.45) is 0. The van der Waals surface area contributed by atoms with Crippen LogP contribution in [0.15, 0.2) is 72.8 Å². The Bertz CT molecular complexity index is 974. The van der Waals surface area contributed by atoms with Crippen molar-refractivity contribution in [1.82, 2.24) is 0 Å². The Morgan fingerprint density at radius 2 is 0.750 bits per heavy atom. The van der Waals surface area contributed by atoms with Crippen molar-refractivity contribution in [2.24, 2.45) is 0 Å². The second-order valence-electron chi connectivity index (χ2n) is 7.16. The van der Waals surface area contributed by atoms with E-state index in [0.29, 0.717) is 17.2 Å². The van der Waals surface area contributed by atoms with E-state index in [4.69, 9.17) is 14.2 Å². The molecule has 0 aromatic heterocycles. The minimum atomic E-state index is -0.536. The summed E-state index contributed by atoms with van der Waals surface area (Å²) in [4.78, 5) is 33.8. The second kappa shape index (κ2) is 9.84. The van der Waals surface area contributed by atoms with E-state index in [2.05, 4.69) is 0 Å². The molecule has 0 fully saturated rings. The molecule has 3 aromatic rings. The standard InChI is InChI=1S/C25H23AsO6/c1-16(27)30-22-10-4-19(5-11-22)25(26,20-6-12-23(13-7-20)31-17(2)28)21-8-14-24(15-9-21)32-18(3)29/h4-15H,26H2,1-3H3. The molecule has 0 N–H and O–H groups in total. The van der Waals surface area contributed by atoms with Crippen molar-refractivity contribution >= 4 is 34.8 Å². The van der Waals surface area contributed by atoms with Crippen LogP contribution in [0.1, 0.15) is 37.5 Å². The van der Waals surface area contributed by atoms with Gasteiger partial charge >= 0.3 is 195 Å². The average molecular weight is 494 g/mol. The number of carbonyl (C=O) groups excluding carboxylic acids is 3. The fourth-order valence-electron chi connectivity index (χ4n) is 3.36. The van der Waals surface area contributed by atoms with E-state index in [-0.39, 0.29) is 17.9 Å². The molecule has 0 amide bonds. The number of hydrogen-bond donors (Lipinski definition) is 0. The van der Waals surface area contributed by atoms with Crippen LogP contribution in [0.25, 0.3) is 0 Å². The first-order valence-corrected chi connectivity index (χ1v) is 11.1. The van der Waals surface area contributed by atoms with E-state index >= 15 is 0 Å². The molecule has 0 saturated carbocycles. The summed E-state index contributed by atoms with van der Waals surface area (Å²) in [5.41, 5.74) is 2.94. The quantitative estimate of drug-likeness (QED) is 0.226. The Hall–Kier alpha value is -3.37. The van der Waals surface area contributed by atoms with Crippen LogP contribution in [0.2, 0.25) is 0 Å². The molecule has 6 nitrogen and oxygen atoms in total. The van der Waals surface area contributed by atoms with Crippen LogP contribution in [-0.2, 0) is 18.6 Å². The van der Waals surface area contributed by atoms with Crippen molar-refractivity contribution in [2.45, 2.75) is 25.0 Å². The van der Waals surface area contributed by atoms with Gasteiger partial charge in [-0.2, -0.15) is 0 Å². The van der Waals surface area contributed by atoms with Gasteiger partial charge in [0.15, 0.2) is 0 Å². The van der Waals surface area contributed by atoms with Crippen molar-refractivity contribution in [3.05, 3.63) is 89.5 Å². The first kappa shape index (κ1) is 23.3. The van der Waals surface area contributed by atoms with Gasteiger partial charge in [0.2, 0.25) is 0 Å². The third-order valence-corrected chi connectivity index (χ3v) is 6.81. The molecule has 0 aliphatic rings. The van der Waals surface area contributed by atoms with E-state index in [0.717, 1.165) is 16.7 Å². The molecule has 32 heavy (non-hydrogen) atoms. The van der Waals surface area contributed by atoms with Gasteiger partial charge in [-0.3, -0.25) is 0 Å². The van der Waals surface area contributed by atoms with Gasteiger partial charge in [-0.15, -0.1) is 0 Å². The van der Waals surface area contributed by atoms with Crippen LogP contribution in [0.3, 0.4) is 0 Å². The SMILES string of the molecule is CC(=O)Oc1ccc(C([AsH2])(c2ccc(OC(C)=O)cc2)c2ccc(OC(C)=O)cc2)cc1. The van der Waals surface area contributed by atoms with Crippen LogP contribution >= 0.6 is 0 Å². The van der Waals surface area contributed by atoms with Crippen LogP contribution in [-0.4, -0.2) is 34.8 Å².